The second-order valence-electron chi connectivity index (χ2n) is 4.94. The van der Waals surface area contributed by atoms with Crippen LogP contribution in [0.25, 0.3) is 11.1 Å². The minimum atomic E-state index is -0.226. The molecule has 0 aliphatic carbocycles. The Kier molecular flexibility index (Phi) is 5.16. The zero-order chi connectivity index (χ0) is 14.5. The van der Waals surface area contributed by atoms with E-state index in [4.69, 9.17) is 11.6 Å². The molecule has 1 N–H and O–H groups in total. The van der Waals surface area contributed by atoms with E-state index in [1.165, 1.54) is 6.07 Å². The Morgan fingerprint density at radius 3 is 2.65 bits per heavy atom. The van der Waals surface area contributed by atoms with Gasteiger partial charge in [0.15, 0.2) is 0 Å². The molecule has 2 rings (SSSR count). The first-order valence-corrected chi connectivity index (χ1v) is 7.25. The van der Waals surface area contributed by atoms with Crippen molar-refractivity contribution in [1.82, 2.24) is 5.32 Å². The zero-order valence-corrected chi connectivity index (χ0v) is 12.6. The second-order valence-corrected chi connectivity index (χ2v) is 5.35. The van der Waals surface area contributed by atoms with Crippen molar-refractivity contribution in [2.24, 2.45) is 0 Å². The van der Waals surface area contributed by atoms with Crippen molar-refractivity contribution in [3.8, 4) is 11.1 Å². The summed E-state index contributed by atoms with van der Waals surface area (Å²) in [6.45, 7) is 5.76. The van der Waals surface area contributed by atoms with Crippen molar-refractivity contribution < 1.29 is 4.39 Å². The standard InChI is InChI=1S/C17H19ClFN/c1-3-8-20-11-14-6-7-15(19)10-16(14)13-5-4-12(2)17(18)9-13/h4-7,9-10,20H,3,8,11H2,1-2H3. The first kappa shape index (κ1) is 15.0. The number of hydrogen-bond acceptors (Lipinski definition) is 1. The molecule has 0 radical (unpaired) electrons. The molecule has 0 bridgehead atoms. The van der Waals surface area contributed by atoms with Crippen LogP contribution in [-0.4, -0.2) is 6.54 Å². The highest BCUT2D eigenvalue weighted by Crippen LogP contribution is 2.28. The van der Waals surface area contributed by atoms with Gasteiger partial charge in [0.2, 0.25) is 0 Å². The van der Waals surface area contributed by atoms with E-state index < -0.39 is 0 Å². The van der Waals surface area contributed by atoms with E-state index in [9.17, 15) is 4.39 Å². The van der Waals surface area contributed by atoms with Crippen LogP contribution in [0.2, 0.25) is 5.02 Å². The third-order valence-electron chi connectivity index (χ3n) is 3.30. The van der Waals surface area contributed by atoms with Crippen LogP contribution in [0.3, 0.4) is 0 Å². The Hall–Kier alpha value is -1.38. The minimum Gasteiger partial charge on any atom is -0.313 e. The Balaban J connectivity index is 2.37. The van der Waals surface area contributed by atoms with E-state index in [-0.39, 0.29) is 5.82 Å². The molecule has 0 fully saturated rings. The largest absolute Gasteiger partial charge is 0.313 e. The van der Waals surface area contributed by atoms with Gasteiger partial charge in [-0.3, -0.25) is 0 Å². The highest BCUT2D eigenvalue weighted by atomic mass is 35.5. The van der Waals surface area contributed by atoms with Crippen LogP contribution in [0.5, 0.6) is 0 Å². The van der Waals surface area contributed by atoms with Crippen molar-refractivity contribution in [1.29, 1.82) is 0 Å². The van der Waals surface area contributed by atoms with Crippen molar-refractivity contribution in [3.63, 3.8) is 0 Å². The Bertz CT molecular complexity index is 596. The van der Waals surface area contributed by atoms with E-state index in [2.05, 4.69) is 12.2 Å². The monoisotopic (exact) mass is 291 g/mol. The first-order chi connectivity index (χ1) is 9.61. The lowest BCUT2D eigenvalue weighted by Gasteiger charge is -2.12. The molecule has 1 nitrogen and oxygen atoms in total. The zero-order valence-electron chi connectivity index (χ0n) is 11.8. The number of benzene rings is 2. The van der Waals surface area contributed by atoms with Crippen LogP contribution in [-0.2, 0) is 6.54 Å². The average molecular weight is 292 g/mol. The molecule has 0 saturated carbocycles. The summed E-state index contributed by atoms with van der Waals surface area (Å²) < 4.78 is 13.5. The summed E-state index contributed by atoms with van der Waals surface area (Å²) in [7, 11) is 0. The van der Waals surface area contributed by atoms with Gasteiger partial charge >= 0.3 is 0 Å². The maximum absolute atomic E-state index is 13.5. The van der Waals surface area contributed by atoms with Crippen LogP contribution in [0.4, 0.5) is 4.39 Å². The van der Waals surface area contributed by atoms with Crippen molar-refractivity contribution >= 4 is 11.6 Å². The van der Waals surface area contributed by atoms with Gasteiger partial charge in [-0.1, -0.05) is 36.7 Å². The Morgan fingerprint density at radius 1 is 1.15 bits per heavy atom. The molecule has 0 spiro atoms. The maximum atomic E-state index is 13.5. The van der Waals surface area contributed by atoms with Crippen LogP contribution in [0, 0.1) is 12.7 Å². The molecular formula is C17H19ClFN. The Morgan fingerprint density at radius 2 is 1.95 bits per heavy atom. The second kappa shape index (κ2) is 6.87. The number of aryl methyl sites for hydroxylation is 1. The SMILES string of the molecule is CCCNCc1ccc(F)cc1-c1ccc(C)c(Cl)c1. The van der Waals surface area contributed by atoms with Crippen molar-refractivity contribution in [2.45, 2.75) is 26.8 Å². The number of hydrogen-bond donors (Lipinski definition) is 1. The van der Waals surface area contributed by atoms with Gasteiger partial charge in [0.05, 0.1) is 0 Å². The van der Waals surface area contributed by atoms with Crippen LogP contribution < -0.4 is 5.32 Å². The summed E-state index contributed by atoms with van der Waals surface area (Å²) in [6, 6.07) is 10.8. The third-order valence-corrected chi connectivity index (χ3v) is 3.70. The van der Waals surface area contributed by atoms with Gasteiger partial charge in [0.25, 0.3) is 0 Å². The predicted octanol–water partition coefficient (Wildman–Crippen LogP) is 4.95. The molecule has 0 unspecified atom stereocenters. The molecule has 0 aromatic heterocycles. The van der Waals surface area contributed by atoms with E-state index in [0.717, 1.165) is 41.8 Å². The number of rotatable bonds is 5. The molecule has 0 aliphatic rings. The molecular weight excluding hydrogens is 273 g/mol. The van der Waals surface area contributed by atoms with Gasteiger partial charge in [-0.25, -0.2) is 4.39 Å². The van der Waals surface area contributed by atoms with Gasteiger partial charge in [-0.2, -0.15) is 0 Å². The van der Waals surface area contributed by atoms with Gasteiger partial charge in [0.1, 0.15) is 5.82 Å². The summed E-state index contributed by atoms with van der Waals surface area (Å²) in [5, 5.41) is 4.06. The van der Waals surface area contributed by atoms with Gasteiger partial charge in [-0.15, -0.1) is 0 Å². The summed E-state index contributed by atoms with van der Waals surface area (Å²) >= 11 is 6.17. The minimum absolute atomic E-state index is 0.226. The van der Waals surface area contributed by atoms with Crippen molar-refractivity contribution in [2.75, 3.05) is 6.54 Å². The summed E-state index contributed by atoms with van der Waals surface area (Å²) in [5.74, 6) is -0.226. The number of nitrogens with one attached hydrogen (secondary N) is 1. The van der Waals surface area contributed by atoms with Gasteiger partial charge in [0, 0.05) is 11.6 Å². The van der Waals surface area contributed by atoms with Crippen LogP contribution in [0.1, 0.15) is 24.5 Å². The van der Waals surface area contributed by atoms with Crippen LogP contribution >= 0.6 is 11.6 Å². The lowest BCUT2D eigenvalue weighted by molar-refractivity contribution is 0.625. The average Bonchev–Trinajstić information content (AvgIpc) is 2.44. The predicted molar refractivity (Wildman–Crippen MR) is 83.6 cm³/mol. The Labute approximate surface area is 124 Å². The highest BCUT2D eigenvalue weighted by Gasteiger charge is 2.08. The molecule has 2 aromatic rings. The maximum Gasteiger partial charge on any atom is 0.123 e. The summed E-state index contributed by atoms with van der Waals surface area (Å²) in [4.78, 5) is 0. The third kappa shape index (κ3) is 3.59. The van der Waals surface area contributed by atoms with E-state index in [1.807, 2.05) is 31.2 Å². The molecule has 0 heterocycles. The van der Waals surface area contributed by atoms with Crippen molar-refractivity contribution in [3.05, 3.63) is 58.4 Å². The molecule has 0 atom stereocenters. The molecule has 0 aliphatic heterocycles. The summed E-state index contributed by atoms with van der Waals surface area (Å²) in [5.41, 5.74) is 3.96. The molecule has 106 valence electrons. The quantitative estimate of drug-likeness (QED) is 0.768. The fraction of sp³-hybridized carbons (Fsp3) is 0.294. The van der Waals surface area contributed by atoms with Gasteiger partial charge in [-0.05, 0) is 60.3 Å². The normalized spacial score (nSPS) is 10.8. The molecule has 0 saturated heterocycles. The molecule has 20 heavy (non-hydrogen) atoms. The lowest BCUT2D eigenvalue weighted by Crippen LogP contribution is -2.14. The molecule has 3 heteroatoms. The van der Waals surface area contributed by atoms with Crippen LogP contribution in [0.15, 0.2) is 36.4 Å². The van der Waals surface area contributed by atoms with Gasteiger partial charge < -0.3 is 5.32 Å². The lowest BCUT2D eigenvalue weighted by atomic mass is 9.98. The topological polar surface area (TPSA) is 12.0 Å². The number of halogens is 2. The highest BCUT2D eigenvalue weighted by molar-refractivity contribution is 6.31. The molecule has 0 amide bonds. The van der Waals surface area contributed by atoms with E-state index in [1.54, 1.807) is 6.07 Å². The van der Waals surface area contributed by atoms with E-state index >= 15 is 0 Å². The molecule has 2 aromatic carbocycles. The fourth-order valence-electron chi connectivity index (χ4n) is 2.13. The summed E-state index contributed by atoms with van der Waals surface area (Å²) in [6.07, 6.45) is 1.08. The van der Waals surface area contributed by atoms with E-state index in [0.29, 0.717) is 5.02 Å². The fourth-order valence-corrected chi connectivity index (χ4v) is 2.31. The first-order valence-electron chi connectivity index (χ1n) is 6.87. The smallest absolute Gasteiger partial charge is 0.123 e.